The summed E-state index contributed by atoms with van der Waals surface area (Å²) in [5.41, 5.74) is 1.67. The van der Waals surface area contributed by atoms with Crippen LogP contribution in [0.1, 0.15) is 50.0 Å². The van der Waals surface area contributed by atoms with E-state index < -0.39 is 29.8 Å². The first-order valence-electron chi connectivity index (χ1n) is 9.54. The minimum atomic E-state index is -0.709. The second kappa shape index (κ2) is 9.34. The average Bonchev–Trinajstić information content (AvgIpc) is 3.31. The van der Waals surface area contributed by atoms with Gasteiger partial charge in [0.1, 0.15) is 16.9 Å². The lowest BCUT2D eigenvalue weighted by Gasteiger charge is -2.24. The molecule has 9 heteroatoms. The van der Waals surface area contributed by atoms with E-state index in [0.29, 0.717) is 29.1 Å². The van der Waals surface area contributed by atoms with Gasteiger partial charge in [-0.25, -0.2) is 14.0 Å². The topological polar surface area (TPSA) is 88.7 Å². The third-order valence-corrected chi connectivity index (χ3v) is 6.07. The van der Waals surface area contributed by atoms with Crippen molar-refractivity contribution in [1.82, 2.24) is 9.88 Å². The second-order valence-electron chi connectivity index (χ2n) is 6.75. The van der Waals surface area contributed by atoms with E-state index in [-0.39, 0.29) is 23.7 Å². The molecule has 1 aromatic heterocycles. The first-order chi connectivity index (χ1) is 14.3. The number of rotatable bonds is 6. The number of aromatic nitrogens is 1. The van der Waals surface area contributed by atoms with Gasteiger partial charge in [-0.05, 0) is 32.4 Å². The Labute approximate surface area is 177 Å². The number of carbonyl (C=O) groups excluding carboxylic acids is 3. The van der Waals surface area contributed by atoms with E-state index in [9.17, 15) is 18.8 Å². The summed E-state index contributed by atoms with van der Waals surface area (Å²) in [4.78, 5) is 41.6. The van der Waals surface area contributed by atoms with E-state index in [1.54, 1.807) is 39.0 Å². The fourth-order valence-electron chi connectivity index (χ4n) is 3.40. The smallest absolute Gasteiger partial charge is 0.355 e. The quantitative estimate of drug-likeness (QED) is 0.702. The minimum Gasteiger partial charge on any atom is -0.461 e. The maximum atomic E-state index is 14.1. The second-order valence-corrected chi connectivity index (χ2v) is 7.94. The summed E-state index contributed by atoms with van der Waals surface area (Å²) in [6, 6.07) is 6.32. The minimum absolute atomic E-state index is 0.184. The van der Waals surface area contributed by atoms with Gasteiger partial charge in [0, 0.05) is 23.6 Å². The van der Waals surface area contributed by atoms with Crippen LogP contribution in [0.25, 0.3) is 0 Å². The van der Waals surface area contributed by atoms with Crippen LogP contribution in [0.3, 0.4) is 0 Å². The van der Waals surface area contributed by atoms with E-state index in [0.717, 1.165) is 0 Å². The van der Waals surface area contributed by atoms with Crippen LogP contribution in [-0.2, 0) is 14.3 Å². The molecule has 0 radical (unpaired) electrons. The highest BCUT2D eigenvalue weighted by atomic mass is 32.2. The zero-order valence-corrected chi connectivity index (χ0v) is 17.8. The van der Waals surface area contributed by atoms with Crippen molar-refractivity contribution in [2.45, 2.75) is 26.1 Å². The number of nitrogens with one attached hydrogen (secondary N) is 1. The Morgan fingerprint density at radius 1 is 1.20 bits per heavy atom. The molecule has 7 nitrogen and oxygen atoms in total. The SMILES string of the molecule is CCOC(=O)c1[nH]c(C)c(C(=O)OCC(=O)N2CCS[C@@H]2c2ccccc2F)c1C. The lowest BCUT2D eigenvalue weighted by molar-refractivity contribution is -0.134. The molecule has 1 saturated heterocycles. The van der Waals surface area contributed by atoms with Crippen LogP contribution < -0.4 is 0 Å². The number of hydrogen-bond donors (Lipinski definition) is 1. The highest BCUT2D eigenvalue weighted by molar-refractivity contribution is 7.99. The van der Waals surface area contributed by atoms with Crippen LogP contribution in [-0.4, -0.2) is 53.2 Å². The lowest BCUT2D eigenvalue weighted by Crippen LogP contribution is -2.34. The average molecular weight is 434 g/mol. The Hall–Kier alpha value is -2.81. The molecule has 1 N–H and O–H groups in total. The molecule has 2 heterocycles. The van der Waals surface area contributed by atoms with E-state index in [1.165, 1.54) is 22.7 Å². The summed E-state index contributed by atoms with van der Waals surface area (Å²) >= 11 is 1.46. The fourth-order valence-corrected chi connectivity index (χ4v) is 4.70. The zero-order valence-electron chi connectivity index (χ0n) is 17.0. The fraction of sp³-hybridized carbons (Fsp3) is 0.381. The molecule has 0 aliphatic carbocycles. The summed E-state index contributed by atoms with van der Waals surface area (Å²) < 4.78 is 24.3. The Morgan fingerprint density at radius 3 is 2.63 bits per heavy atom. The van der Waals surface area contributed by atoms with Crippen LogP contribution in [0.4, 0.5) is 4.39 Å². The van der Waals surface area contributed by atoms with Gasteiger partial charge in [0.05, 0.1) is 12.2 Å². The van der Waals surface area contributed by atoms with Crippen molar-refractivity contribution in [2.75, 3.05) is 25.5 Å². The van der Waals surface area contributed by atoms with Gasteiger partial charge in [0.25, 0.3) is 5.91 Å². The number of esters is 2. The normalized spacial score (nSPS) is 15.9. The highest BCUT2D eigenvalue weighted by Gasteiger charge is 2.33. The number of carbonyl (C=O) groups is 3. The number of aryl methyl sites for hydroxylation is 1. The summed E-state index contributed by atoms with van der Waals surface area (Å²) in [5, 5.41) is -0.455. The predicted molar refractivity (Wildman–Crippen MR) is 110 cm³/mol. The van der Waals surface area contributed by atoms with Crippen LogP contribution in [0.2, 0.25) is 0 Å². The van der Waals surface area contributed by atoms with Crippen molar-refractivity contribution >= 4 is 29.6 Å². The van der Waals surface area contributed by atoms with Gasteiger partial charge < -0.3 is 19.4 Å². The van der Waals surface area contributed by atoms with Gasteiger partial charge in [-0.3, -0.25) is 4.79 Å². The van der Waals surface area contributed by atoms with Crippen molar-refractivity contribution in [3.8, 4) is 0 Å². The third kappa shape index (κ3) is 4.35. The van der Waals surface area contributed by atoms with E-state index in [4.69, 9.17) is 9.47 Å². The number of benzene rings is 1. The highest BCUT2D eigenvalue weighted by Crippen LogP contribution is 2.38. The number of ether oxygens (including phenoxy) is 2. The monoisotopic (exact) mass is 434 g/mol. The van der Waals surface area contributed by atoms with Crippen LogP contribution >= 0.6 is 11.8 Å². The van der Waals surface area contributed by atoms with Gasteiger partial charge in [-0.15, -0.1) is 11.8 Å². The van der Waals surface area contributed by atoms with E-state index >= 15 is 0 Å². The maximum absolute atomic E-state index is 14.1. The molecule has 0 unspecified atom stereocenters. The van der Waals surface area contributed by atoms with Crippen molar-refractivity contribution in [3.05, 3.63) is 58.2 Å². The molecule has 3 rings (SSSR count). The molecular weight excluding hydrogens is 411 g/mol. The molecule has 1 aromatic carbocycles. The van der Waals surface area contributed by atoms with Crippen molar-refractivity contribution in [1.29, 1.82) is 0 Å². The van der Waals surface area contributed by atoms with E-state index in [2.05, 4.69) is 4.98 Å². The number of halogens is 1. The predicted octanol–water partition coefficient (Wildman–Crippen LogP) is 3.38. The van der Waals surface area contributed by atoms with Gasteiger partial charge in [-0.1, -0.05) is 18.2 Å². The standard InChI is InChI=1S/C21H23FN2O5S/c1-4-28-21(27)18-12(2)17(13(3)23-18)20(26)29-11-16(25)24-9-10-30-19(24)14-7-5-6-8-15(14)22/h5-8,19,23H,4,9-11H2,1-3H3/t19-/m1/s1. The number of hydrogen-bond acceptors (Lipinski definition) is 6. The van der Waals surface area contributed by atoms with Crippen molar-refractivity contribution in [3.63, 3.8) is 0 Å². The molecule has 1 amide bonds. The van der Waals surface area contributed by atoms with Gasteiger partial charge in [0.2, 0.25) is 0 Å². The van der Waals surface area contributed by atoms with Gasteiger partial charge in [0.15, 0.2) is 6.61 Å². The van der Waals surface area contributed by atoms with Crippen LogP contribution in [0.5, 0.6) is 0 Å². The third-order valence-electron chi connectivity index (χ3n) is 4.83. The summed E-state index contributed by atoms with van der Waals surface area (Å²) in [6.45, 7) is 5.12. The molecule has 0 bridgehead atoms. The van der Waals surface area contributed by atoms with Crippen molar-refractivity contribution in [2.24, 2.45) is 0 Å². The first-order valence-corrected chi connectivity index (χ1v) is 10.6. The number of amides is 1. The Balaban J connectivity index is 1.68. The number of nitrogens with zero attached hydrogens (tertiary/aromatic N) is 1. The lowest BCUT2D eigenvalue weighted by atomic mass is 10.1. The molecule has 1 aliphatic heterocycles. The maximum Gasteiger partial charge on any atom is 0.355 e. The summed E-state index contributed by atoms with van der Waals surface area (Å²) in [6.07, 6.45) is 0. The largest absolute Gasteiger partial charge is 0.461 e. The van der Waals surface area contributed by atoms with Gasteiger partial charge in [-0.2, -0.15) is 0 Å². The molecule has 30 heavy (non-hydrogen) atoms. The Bertz CT molecular complexity index is 974. The summed E-state index contributed by atoms with van der Waals surface area (Å²) in [7, 11) is 0. The number of aromatic amines is 1. The zero-order chi connectivity index (χ0) is 21.8. The number of H-pyrrole nitrogens is 1. The molecular formula is C21H23FN2O5S. The summed E-state index contributed by atoms with van der Waals surface area (Å²) in [5.74, 6) is -1.39. The van der Waals surface area contributed by atoms with E-state index in [1.807, 2.05) is 0 Å². The van der Waals surface area contributed by atoms with Crippen LogP contribution in [0, 0.1) is 19.7 Å². The first kappa shape index (κ1) is 21.9. The molecule has 1 aliphatic rings. The molecule has 1 atom stereocenters. The Morgan fingerprint density at radius 2 is 1.93 bits per heavy atom. The molecule has 0 spiro atoms. The van der Waals surface area contributed by atoms with Gasteiger partial charge >= 0.3 is 11.9 Å². The molecule has 1 fully saturated rings. The molecule has 160 valence electrons. The molecule has 2 aromatic rings. The molecule has 0 saturated carbocycles. The number of thioether (sulfide) groups is 1. The Kier molecular flexibility index (Phi) is 6.81. The van der Waals surface area contributed by atoms with Crippen molar-refractivity contribution < 1.29 is 28.2 Å². The van der Waals surface area contributed by atoms with Crippen LogP contribution in [0.15, 0.2) is 24.3 Å².